The predicted molar refractivity (Wildman–Crippen MR) is 66.6 cm³/mol. The summed E-state index contributed by atoms with van der Waals surface area (Å²) in [7, 11) is 0. The van der Waals surface area contributed by atoms with Gasteiger partial charge in [-0.25, -0.2) is 0 Å². The van der Waals surface area contributed by atoms with Gasteiger partial charge in [0.15, 0.2) is 0 Å². The summed E-state index contributed by atoms with van der Waals surface area (Å²) in [6.45, 7) is 2.78. The molecule has 1 aliphatic carbocycles. The zero-order chi connectivity index (χ0) is 12.1. The van der Waals surface area contributed by atoms with Gasteiger partial charge in [0.25, 0.3) is 0 Å². The Kier molecular flexibility index (Phi) is 4.80. The third-order valence-electron chi connectivity index (χ3n) is 4.11. The second-order valence-electron chi connectivity index (χ2n) is 5.29. The molecular formula is C13H24N2O2. The molecule has 0 spiro atoms. The Morgan fingerprint density at radius 1 is 1.35 bits per heavy atom. The third-order valence-corrected chi connectivity index (χ3v) is 4.11. The standard InChI is InChI=1S/C13H24N2O2/c16-9-8-15(12-2-1-3-12)13(17)5-4-11-6-7-14-10-11/h11-12,14,16H,1-10H2. The van der Waals surface area contributed by atoms with Crippen molar-refractivity contribution in [1.29, 1.82) is 0 Å². The number of carbonyl (C=O) groups is 1. The van der Waals surface area contributed by atoms with E-state index < -0.39 is 0 Å². The molecule has 1 saturated heterocycles. The Bertz CT molecular complexity index is 248. The number of aliphatic hydroxyl groups is 1. The van der Waals surface area contributed by atoms with Crippen LogP contribution in [-0.4, -0.2) is 48.2 Å². The molecule has 1 unspecified atom stereocenters. The fourth-order valence-electron chi connectivity index (χ4n) is 2.75. The molecule has 0 bridgehead atoms. The van der Waals surface area contributed by atoms with Gasteiger partial charge in [-0.1, -0.05) is 0 Å². The van der Waals surface area contributed by atoms with E-state index in [1.165, 1.54) is 12.8 Å². The first-order chi connectivity index (χ1) is 8.31. The van der Waals surface area contributed by atoms with Crippen molar-refractivity contribution in [2.24, 2.45) is 5.92 Å². The van der Waals surface area contributed by atoms with Crippen LogP contribution in [0.4, 0.5) is 0 Å². The SMILES string of the molecule is O=C(CCC1CCNC1)N(CCO)C1CCC1. The molecule has 0 aromatic heterocycles. The predicted octanol–water partition coefficient (Wildman–Crippen LogP) is 0.749. The summed E-state index contributed by atoms with van der Waals surface area (Å²) in [5.41, 5.74) is 0. The van der Waals surface area contributed by atoms with E-state index in [4.69, 9.17) is 5.11 Å². The van der Waals surface area contributed by atoms with Gasteiger partial charge in [0.05, 0.1) is 6.61 Å². The fraction of sp³-hybridized carbons (Fsp3) is 0.923. The van der Waals surface area contributed by atoms with Gasteiger partial charge in [-0.15, -0.1) is 0 Å². The summed E-state index contributed by atoms with van der Waals surface area (Å²) in [5.74, 6) is 0.923. The molecule has 2 N–H and O–H groups in total. The molecule has 2 aliphatic rings. The Morgan fingerprint density at radius 3 is 2.71 bits per heavy atom. The van der Waals surface area contributed by atoms with Crippen molar-refractivity contribution in [3.05, 3.63) is 0 Å². The quantitative estimate of drug-likeness (QED) is 0.720. The first kappa shape index (κ1) is 12.8. The maximum absolute atomic E-state index is 12.1. The van der Waals surface area contributed by atoms with Crippen LogP contribution in [0, 0.1) is 5.92 Å². The van der Waals surface area contributed by atoms with E-state index in [9.17, 15) is 4.79 Å². The normalized spacial score (nSPS) is 24.6. The maximum atomic E-state index is 12.1. The molecular weight excluding hydrogens is 216 g/mol. The summed E-state index contributed by atoms with van der Waals surface area (Å²) >= 11 is 0. The lowest BCUT2D eigenvalue weighted by molar-refractivity contribution is -0.136. The molecule has 2 rings (SSSR count). The summed E-state index contributed by atoms with van der Waals surface area (Å²) in [5, 5.41) is 12.4. The molecule has 1 aliphatic heterocycles. The molecule has 4 heteroatoms. The highest BCUT2D eigenvalue weighted by Crippen LogP contribution is 2.26. The van der Waals surface area contributed by atoms with E-state index in [0.717, 1.165) is 32.4 Å². The highest BCUT2D eigenvalue weighted by molar-refractivity contribution is 5.76. The molecule has 0 aromatic rings. The van der Waals surface area contributed by atoms with Crippen molar-refractivity contribution in [1.82, 2.24) is 10.2 Å². The van der Waals surface area contributed by atoms with Crippen LogP contribution in [0.5, 0.6) is 0 Å². The first-order valence-corrected chi connectivity index (χ1v) is 6.92. The number of amides is 1. The van der Waals surface area contributed by atoms with Crippen LogP contribution in [0.25, 0.3) is 0 Å². The van der Waals surface area contributed by atoms with E-state index in [1.54, 1.807) is 0 Å². The van der Waals surface area contributed by atoms with Crippen molar-refractivity contribution >= 4 is 5.91 Å². The summed E-state index contributed by atoms with van der Waals surface area (Å²) in [6, 6.07) is 0.413. The Labute approximate surface area is 103 Å². The molecule has 98 valence electrons. The number of hydrogen-bond donors (Lipinski definition) is 2. The average Bonchev–Trinajstić information content (AvgIpc) is 2.75. The van der Waals surface area contributed by atoms with Crippen molar-refractivity contribution in [3.8, 4) is 0 Å². The van der Waals surface area contributed by atoms with E-state index in [2.05, 4.69) is 5.32 Å². The summed E-state index contributed by atoms with van der Waals surface area (Å²) in [4.78, 5) is 14.0. The first-order valence-electron chi connectivity index (χ1n) is 6.92. The third kappa shape index (κ3) is 3.42. The minimum absolute atomic E-state index is 0.0905. The minimum Gasteiger partial charge on any atom is -0.395 e. The molecule has 2 fully saturated rings. The summed E-state index contributed by atoms with van der Waals surface area (Å²) < 4.78 is 0. The second-order valence-corrected chi connectivity index (χ2v) is 5.29. The van der Waals surface area contributed by atoms with Crippen molar-refractivity contribution < 1.29 is 9.90 Å². The van der Waals surface area contributed by atoms with Gasteiger partial charge in [0, 0.05) is 19.0 Å². The number of rotatable bonds is 6. The van der Waals surface area contributed by atoms with Crippen molar-refractivity contribution in [2.45, 2.75) is 44.6 Å². The van der Waals surface area contributed by atoms with Crippen LogP contribution in [0.1, 0.15) is 38.5 Å². The van der Waals surface area contributed by atoms with Crippen molar-refractivity contribution in [3.63, 3.8) is 0 Å². The highest BCUT2D eigenvalue weighted by atomic mass is 16.3. The number of carbonyl (C=O) groups excluding carboxylic acids is 1. The maximum Gasteiger partial charge on any atom is 0.222 e. The zero-order valence-corrected chi connectivity index (χ0v) is 10.5. The lowest BCUT2D eigenvalue weighted by atomic mass is 9.91. The van der Waals surface area contributed by atoms with Gasteiger partial charge >= 0.3 is 0 Å². The fourth-order valence-corrected chi connectivity index (χ4v) is 2.75. The number of aliphatic hydroxyl groups excluding tert-OH is 1. The molecule has 17 heavy (non-hydrogen) atoms. The van der Waals surface area contributed by atoms with Gasteiger partial charge in [-0.3, -0.25) is 4.79 Å². The van der Waals surface area contributed by atoms with Crippen LogP contribution in [-0.2, 0) is 4.79 Å². The van der Waals surface area contributed by atoms with Crippen LogP contribution < -0.4 is 5.32 Å². The van der Waals surface area contributed by atoms with Gasteiger partial charge in [0.2, 0.25) is 5.91 Å². The number of nitrogens with zero attached hydrogens (tertiary/aromatic N) is 1. The van der Waals surface area contributed by atoms with Crippen LogP contribution >= 0.6 is 0 Å². The topological polar surface area (TPSA) is 52.6 Å². The van der Waals surface area contributed by atoms with Crippen molar-refractivity contribution in [2.75, 3.05) is 26.2 Å². The van der Waals surface area contributed by atoms with Crippen LogP contribution in [0.15, 0.2) is 0 Å². The van der Waals surface area contributed by atoms with E-state index in [0.29, 0.717) is 24.9 Å². The van der Waals surface area contributed by atoms with E-state index >= 15 is 0 Å². The highest BCUT2D eigenvalue weighted by Gasteiger charge is 2.28. The van der Waals surface area contributed by atoms with Gasteiger partial charge in [0.1, 0.15) is 0 Å². The lowest BCUT2D eigenvalue weighted by Crippen LogP contribution is -2.45. The average molecular weight is 240 g/mol. The Morgan fingerprint density at radius 2 is 2.18 bits per heavy atom. The van der Waals surface area contributed by atoms with Gasteiger partial charge in [-0.2, -0.15) is 0 Å². The molecule has 1 heterocycles. The second kappa shape index (κ2) is 6.36. The molecule has 4 nitrogen and oxygen atoms in total. The van der Waals surface area contributed by atoms with E-state index in [1.807, 2.05) is 4.90 Å². The largest absolute Gasteiger partial charge is 0.395 e. The van der Waals surface area contributed by atoms with E-state index in [-0.39, 0.29) is 12.5 Å². The van der Waals surface area contributed by atoms with Crippen LogP contribution in [0.3, 0.4) is 0 Å². The Balaban J connectivity index is 1.74. The summed E-state index contributed by atoms with van der Waals surface area (Å²) in [6.07, 6.45) is 6.33. The molecule has 0 aromatic carbocycles. The smallest absolute Gasteiger partial charge is 0.222 e. The Hall–Kier alpha value is -0.610. The number of hydrogen-bond acceptors (Lipinski definition) is 3. The molecule has 0 radical (unpaired) electrons. The van der Waals surface area contributed by atoms with Gasteiger partial charge < -0.3 is 15.3 Å². The van der Waals surface area contributed by atoms with Gasteiger partial charge in [-0.05, 0) is 51.1 Å². The molecule has 1 atom stereocenters. The minimum atomic E-state index is 0.0905. The lowest BCUT2D eigenvalue weighted by Gasteiger charge is -2.37. The molecule has 1 saturated carbocycles. The van der Waals surface area contributed by atoms with Crippen LogP contribution in [0.2, 0.25) is 0 Å². The number of nitrogens with one attached hydrogen (secondary N) is 1. The monoisotopic (exact) mass is 240 g/mol. The molecule has 1 amide bonds. The zero-order valence-electron chi connectivity index (χ0n) is 10.5.